The Hall–Kier alpha value is -0.420. The van der Waals surface area contributed by atoms with Crippen LogP contribution in [0.1, 0.15) is 0 Å². The summed E-state index contributed by atoms with van der Waals surface area (Å²) in [5.74, 6) is 2.04. The zero-order valence-corrected chi connectivity index (χ0v) is 4.83. The lowest BCUT2D eigenvalue weighted by molar-refractivity contribution is 1.97. The van der Waals surface area contributed by atoms with Crippen molar-refractivity contribution in [2.45, 2.75) is 0 Å². The maximum Gasteiger partial charge on any atom is 0.0256 e. The Bertz CT molecular complexity index is 110. The van der Waals surface area contributed by atoms with Gasteiger partial charge in [-0.15, -0.1) is 0 Å². The third kappa shape index (κ3) is 1.65. The van der Waals surface area contributed by atoms with E-state index in [2.05, 4.69) is 4.76 Å². The minimum absolute atomic E-state index is 0.621. The first-order valence-electron chi connectivity index (χ1n) is 2.10. The molecule has 1 heterocycles. The molecular weight excluding hydrogens is 105 g/mol. The molecule has 0 radical (unpaired) electrons. The van der Waals surface area contributed by atoms with Crippen molar-refractivity contribution in [3.8, 4) is 0 Å². The van der Waals surface area contributed by atoms with Crippen molar-refractivity contribution in [3.63, 3.8) is 0 Å². The second kappa shape index (κ2) is 2.70. The Morgan fingerprint density at radius 2 is 2.14 bits per heavy atom. The SMILES string of the molecule is C1=CC=NPC=C1. The molecule has 1 atom stereocenters. The maximum atomic E-state index is 4.00. The van der Waals surface area contributed by atoms with Gasteiger partial charge in [0.05, 0.1) is 0 Å². The Morgan fingerprint density at radius 3 is 3.14 bits per heavy atom. The molecular formula is C5H6NP. The van der Waals surface area contributed by atoms with Gasteiger partial charge in [-0.2, -0.15) is 0 Å². The first-order chi connectivity index (χ1) is 3.50. The Labute approximate surface area is 44.7 Å². The molecule has 1 aliphatic rings. The van der Waals surface area contributed by atoms with Crippen molar-refractivity contribution < 1.29 is 0 Å². The summed E-state index contributed by atoms with van der Waals surface area (Å²) < 4.78 is 4.00. The third-order valence-corrected chi connectivity index (χ3v) is 1.27. The lowest BCUT2D eigenvalue weighted by Gasteiger charge is -1.71. The Balaban J connectivity index is 2.60. The van der Waals surface area contributed by atoms with Crippen LogP contribution in [-0.4, -0.2) is 6.21 Å². The van der Waals surface area contributed by atoms with Crippen molar-refractivity contribution in [1.82, 2.24) is 0 Å². The minimum Gasteiger partial charge on any atom is -0.269 e. The normalized spacial score (nSPS) is 20.6. The number of allylic oxidation sites excluding steroid dienone is 3. The average molecular weight is 111 g/mol. The van der Waals surface area contributed by atoms with Crippen LogP contribution in [0, 0.1) is 0 Å². The molecule has 0 aromatic carbocycles. The van der Waals surface area contributed by atoms with Crippen molar-refractivity contribution in [2.24, 2.45) is 4.76 Å². The summed E-state index contributed by atoms with van der Waals surface area (Å²) in [6, 6.07) is 0. The predicted molar refractivity (Wildman–Crippen MR) is 35.1 cm³/mol. The predicted octanol–water partition coefficient (Wildman–Crippen LogP) is 1.73. The van der Waals surface area contributed by atoms with E-state index in [4.69, 9.17) is 0 Å². The lowest BCUT2D eigenvalue weighted by Crippen LogP contribution is -1.51. The fourth-order valence-electron chi connectivity index (χ4n) is 0.342. The van der Waals surface area contributed by atoms with Gasteiger partial charge < -0.3 is 0 Å². The number of nitrogens with zero attached hydrogens (tertiary/aromatic N) is 1. The van der Waals surface area contributed by atoms with Gasteiger partial charge in [0.15, 0.2) is 0 Å². The molecule has 1 aliphatic heterocycles. The van der Waals surface area contributed by atoms with E-state index in [-0.39, 0.29) is 0 Å². The molecule has 36 valence electrons. The molecule has 0 bridgehead atoms. The van der Waals surface area contributed by atoms with Crippen LogP contribution in [-0.2, 0) is 0 Å². The van der Waals surface area contributed by atoms with Gasteiger partial charge in [0.2, 0.25) is 0 Å². The molecule has 0 fully saturated rings. The van der Waals surface area contributed by atoms with E-state index in [0.29, 0.717) is 8.73 Å². The van der Waals surface area contributed by atoms with E-state index < -0.39 is 0 Å². The summed E-state index contributed by atoms with van der Waals surface area (Å²) in [5.41, 5.74) is 0. The highest BCUT2D eigenvalue weighted by Crippen LogP contribution is 2.13. The van der Waals surface area contributed by atoms with Crippen LogP contribution in [0.2, 0.25) is 0 Å². The topological polar surface area (TPSA) is 12.4 Å². The number of hydrogen-bond acceptors (Lipinski definition) is 1. The molecule has 0 aromatic heterocycles. The van der Waals surface area contributed by atoms with Gasteiger partial charge in [-0.3, -0.25) is 4.76 Å². The Kier molecular flexibility index (Phi) is 1.83. The zero-order valence-electron chi connectivity index (χ0n) is 3.83. The largest absolute Gasteiger partial charge is 0.269 e. The second-order valence-corrected chi connectivity index (χ2v) is 2.00. The van der Waals surface area contributed by atoms with Crippen molar-refractivity contribution in [3.05, 3.63) is 24.0 Å². The summed E-state index contributed by atoms with van der Waals surface area (Å²) in [4.78, 5) is 0. The highest BCUT2D eigenvalue weighted by molar-refractivity contribution is 7.40. The molecule has 1 nitrogen and oxygen atoms in total. The van der Waals surface area contributed by atoms with E-state index in [0.717, 1.165) is 0 Å². The third-order valence-electron chi connectivity index (χ3n) is 0.628. The molecule has 0 aromatic rings. The fourth-order valence-corrected chi connectivity index (χ4v) is 0.797. The van der Waals surface area contributed by atoms with Gasteiger partial charge in [-0.05, 0) is 11.9 Å². The van der Waals surface area contributed by atoms with Crippen molar-refractivity contribution in [2.75, 3.05) is 0 Å². The van der Waals surface area contributed by atoms with Crippen LogP contribution in [0.15, 0.2) is 28.8 Å². The van der Waals surface area contributed by atoms with Crippen LogP contribution in [0.3, 0.4) is 0 Å². The highest BCUT2D eigenvalue weighted by Gasteiger charge is 1.70. The first-order valence-corrected chi connectivity index (χ1v) is 3.13. The van der Waals surface area contributed by atoms with Crippen LogP contribution >= 0.6 is 8.73 Å². The van der Waals surface area contributed by atoms with E-state index in [9.17, 15) is 0 Å². The maximum absolute atomic E-state index is 4.00. The molecule has 1 unspecified atom stereocenters. The standard InChI is InChI=1S/C5H6NP/c1-2-4-6-7-5-3-1/h1-5,7H. The second-order valence-electron chi connectivity index (χ2n) is 1.15. The number of rotatable bonds is 0. The van der Waals surface area contributed by atoms with E-state index >= 15 is 0 Å². The molecule has 0 spiro atoms. The molecule has 7 heavy (non-hydrogen) atoms. The minimum atomic E-state index is 0.621. The van der Waals surface area contributed by atoms with Gasteiger partial charge >= 0.3 is 0 Å². The quantitative estimate of drug-likeness (QED) is 0.422. The smallest absolute Gasteiger partial charge is 0.0256 e. The summed E-state index contributed by atoms with van der Waals surface area (Å²) in [6.07, 6.45) is 7.73. The van der Waals surface area contributed by atoms with E-state index in [1.165, 1.54) is 0 Å². The van der Waals surface area contributed by atoms with Crippen molar-refractivity contribution in [1.29, 1.82) is 0 Å². The molecule has 0 saturated carbocycles. The first kappa shape index (κ1) is 4.73. The summed E-state index contributed by atoms with van der Waals surface area (Å²) in [5, 5.41) is 0. The molecule has 0 amide bonds. The lowest BCUT2D eigenvalue weighted by atomic mass is 10.5. The van der Waals surface area contributed by atoms with Crippen LogP contribution < -0.4 is 0 Å². The van der Waals surface area contributed by atoms with Crippen molar-refractivity contribution >= 4 is 14.9 Å². The monoisotopic (exact) mass is 111 g/mol. The van der Waals surface area contributed by atoms with Crippen LogP contribution in [0.5, 0.6) is 0 Å². The average Bonchev–Trinajstić information content (AvgIpc) is 1.90. The molecule has 0 aliphatic carbocycles. The summed E-state index contributed by atoms with van der Waals surface area (Å²) >= 11 is 0. The number of hydrogen-bond donors (Lipinski definition) is 0. The fraction of sp³-hybridized carbons (Fsp3) is 0. The van der Waals surface area contributed by atoms with Gasteiger partial charge in [0.25, 0.3) is 0 Å². The summed E-state index contributed by atoms with van der Waals surface area (Å²) in [7, 11) is 0.621. The summed E-state index contributed by atoms with van der Waals surface area (Å²) in [6.45, 7) is 0. The van der Waals surface area contributed by atoms with Crippen LogP contribution in [0.25, 0.3) is 0 Å². The highest BCUT2D eigenvalue weighted by atomic mass is 31.1. The zero-order chi connectivity index (χ0) is 4.95. The van der Waals surface area contributed by atoms with Gasteiger partial charge in [0, 0.05) is 14.9 Å². The van der Waals surface area contributed by atoms with Gasteiger partial charge in [0.1, 0.15) is 0 Å². The Morgan fingerprint density at radius 1 is 1.14 bits per heavy atom. The van der Waals surface area contributed by atoms with E-state index in [1.807, 2.05) is 30.3 Å². The molecule has 0 saturated heterocycles. The molecule has 0 N–H and O–H groups in total. The van der Waals surface area contributed by atoms with Gasteiger partial charge in [-0.1, -0.05) is 12.2 Å². The van der Waals surface area contributed by atoms with Gasteiger partial charge in [-0.25, -0.2) is 0 Å². The van der Waals surface area contributed by atoms with Crippen LogP contribution in [0.4, 0.5) is 0 Å². The molecule has 1 rings (SSSR count). The van der Waals surface area contributed by atoms with E-state index in [1.54, 1.807) is 0 Å². The molecule has 2 heteroatoms.